The molecule has 21 heavy (non-hydrogen) atoms. The summed E-state index contributed by atoms with van der Waals surface area (Å²) in [6.07, 6.45) is 9.33. The van der Waals surface area contributed by atoms with Gasteiger partial charge < -0.3 is 9.88 Å². The molecule has 5 heteroatoms. The standard InChI is InChI=1S/C16H22N4S/c1-21-10-11-3-2-8-20(9-11)16-13-6-7-17-15(13)18-14(19-16)12-4-5-12/h6-7,11-12H,2-5,8-10H2,1H3,(H,17,18,19). The van der Waals surface area contributed by atoms with Gasteiger partial charge in [-0.05, 0) is 49.7 Å². The number of thioether (sulfide) groups is 1. The Kier molecular flexibility index (Phi) is 3.53. The summed E-state index contributed by atoms with van der Waals surface area (Å²) in [6.45, 7) is 2.27. The first kappa shape index (κ1) is 13.4. The number of rotatable bonds is 4. The molecule has 112 valence electrons. The van der Waals surface area contributed by atoms with Gasteiger partial charge in [-0.25, -0.2) is 9.97 Å². The lowest BCUT2D eigenvalue weighted by Crippen LogP contribution is -2.37. The number of fused-ring (bicyclic) bond motifs is 1. The molecule has 1 saturated heterocycles. The summed E-state index contributed by atoms with van der Waals surface area (Å²) in [6, 6.07) is 2.12. The van der Waals surface area contributed by atoms with Gasteiger partial charge in [-0.2, -0.15) is 11.8 Å². The van der Waals surface area contributed by atoms with Crippen molar-refractivity contribution in [2.24, 2.45) is 5.92 Å². The van der Waals surface area contributed by atoms with Crippen molar-refractivity contribution in [1.82, 2.24) is 15.0 Å². The number of anilines is 1. The van der Waals surface area contributed by atoms with Crippen molar-refractivity contribution < 1.29 is 0 Å². The first-order chi connectivity index (χ1) is 10.3. The van der Waals surface area contributed by atoms with Crippen LogP contribution >= 0.6 is 11.8 Å². The van der Waals surface area contributed by atoms with Gasteiger partial charge in [0, 0.05) is 25.2 Å². The molecule has 4 nitrogen and oxygen atoms in total. The van der Waals surface area contributed by atoms with Crippen LogP contribution in [-0.2, 0) is 0 Å². The van der Waals surface area contributed by atoms with E-state index in [1.807, 2.05) is 18.0 Å². The molecule has 1 unspecified atom stereocenters. The molecule has 0 spiro atoms. The van der Waals surface area contributed by atoms with Gasteiger partial charge in [-0.1, -0.05) is 0 Å². The number of nitrogens with one attached hydrogen (secondary N) is 1. The third kappa shape index (κ3) is 2.63. The Morgan fingerprint density at radius 1 is 1.33 bits per heavy atom. The van der Waals surface area contributed by atoms with Crippen molar-refractivity contribution in [2.45, 2.75) is 31.6 Å². The number of nitrogens with zero attached hydrogens (tertiary/aromatic N) is 3. The predicted molar refractivity (Wildman–Crippen MR) is 89.2 cm³/mol. The Hall–Kier alpha value is -1.23. The van der Waals surface area contributed by atoms with Crippen LogP contribution in [0.2, 0.25) is 0 Å². The zero-order valence-electron chi connectivity index (χ0n) is 12.5. The number of aromatic nitrogens is 3. The maximum atomic E-state index is 4.94. The molecule has 1 aliphatic carbocycles. The van der Waals surface area contributed by atoms with Crippen LogP contribution in [0, 0.1) is 5.92 Å². The van der Waals surface area contributed by atoms with Crippen LogP contribution in [0.1, 0.15) is 37.4 Å². The second-order valence-corrected chi connectivity index (χ2v) is 7.24. The summed E-state index contributed by atoms with van der Waals surface area (Å²) >= 11 is 1.96. The summed E-state index contributed by atoms with van der Waals surface area (Å²) in [7, 11) is 0. The fourth-order valence-electron chi connectivity index (χ4n) is 3.34. The minimum atomic E-state index is 0.600. The molecule has 2 aromatic rings. The topological polar surface area (TPSA) is 44.8 Å². The molecule has 0 amide bonds. The summed E-state index contributed by atoms with van der Waals surface area (Å²) in [5.41, 5.74) is 1.01. The molecule has 2 fully saturated rings. The van der Waals surface area contributed by atoms with Gasteiger partial charge >= 0.3 is 0 Å². The Morgan fingerprint density at radius 3 is 3.05 bits per heavy atom. The van der Waals surface area contributed by atoms with Gasteiger partial charge in [-0.15, -0.1) is 0 Å². The molecule has 3 heterocycles. The molecule has 0 bridgehead atoms. The second-order valence-electron chi connectivity index (χ2n) is 6.33. The maximum absolute atomic E-state index is 4.94. The van der Waals surface area contributed by atoms with Crippen LogP contribution in [0.4, 0.5) is 5.82 Å². The SMILES string of the molecule is CSCC1CCCN(c2nc(C3CC3)nc3[nH]ccc23)C1. The molecule has 4 rings (SSSR count). The monoisotopic (exact) mass is 302 g/mol. The quantitative estimate of drug-likeness (QED) is 0.940. The van der Waals surface area contributed by atoms with E-state index in [0.717, 1.165) is 36.3 Å². The minimum Gasteiger partial charge on any atom is -0.356 e. The van der Waals surface area contributed by atoms with Crippen molar-refractivity contribution in [3.63, 3.8) is 0 Å². The third-order valence-corrected chi connectivity index (χ3v) is 5.38. The summed E-state index contributed by atoms with van der Waals surface area (Å²) in [4.78, 5) is 15.4. The molecule has 1 aliphatic heterocycles. The van der Waals surface area contributed by atoms with Crippen molar-refractivity contribution >= 4 is 28.6 Å². The second kappa shape index (κ2) is 5.52. The minimum absolute atomic E-state index is 0.600. The van der Waals surface area contributed by atoms with Crippen molar-refractivity contribution in [2.75, 3.05) is 30.0 Å². The van der Waals surface area contributed by atoms with Gasteiger partial charge in [0.15, 0.2) is 0 Å². The zero-order valence-corrected chi connectivity index (χ0v) is 13.3. The van der Waals surface area contributed by atoms with Crippen LogP contribution in [0.25, 0.3) is 11.0 Å². The maximum Gasteiger partial charge on any atom is 0.143 e. The van der Waals surface area contributed by atoms with E-state index < -0.39 is 0 Å². The highest BCUT2D eigenvalue weighted by atomic mass is 32.2. The Bertz CT molecular complexity index is 632. The Labute approximate surface area is 129 Å². The molecule has 2 aromatic heterocycles. The lowest BCUT2D eigenvalue weighted by atomic mass is 10.00. The number of hydrogen-bond donors (Lipinski definition) is 1. The van der Waals surface area contributed by atoms with Gasteiger partial charge in [-0.3, -0.25) is 0 Å². The molecule has 1 saturated carbocycles. The van der Waals surface area contributed by atoms with Crippen molar-refractivity contribution in [3.05, 3.63) is 18.1 Å². The lowest BCUT2D eigenvalue weighted by molar-refractivity contribution is 0.451. The lowest BCUT2D eigenvalue weighted by Gasteiger charge is -2.33. The highest BCUT2D eigenvalue weighted by molar-refractivity contribution is 7.98. The molecule has 2 aliphatic rings. The van der Waals surface area contributed by atoms with E-state index in [4.69, 9.17) is 9.97 Å². The summed E-state index contributed by atoms with van der Waals surface area (Å²) < 4.78 is 0. The van der Waals surface area contributed by atoms with Crippen LogP contribution in [-0.4, -0.2) is 40.1 Å². The van der Waals surface area contributed by atoms with E-state index >= 15 is 0 Å². The molecule has 1 N–H and O–H groups in total. The van der Waals surface area contributed by atoms with Crippen LogP contribution < -0.4 is 4.90 Å². The van der Waals surface area contributed by atoms with Gasteiger partial charge in [0.25, 0.3) is 0 Å². The number of H-pyrrole nitrogens is 1. The third-order valence-electron chi connectivity index (χ3n) is 4.58. The smallest absolute Gasteiger partial charge is 0.143 e. The normalized spacial score (nSPS) is 22.9. The highest BCUT2D eigenvalue weighted by Gasteiger charge is 2.29. The summed E-state index contributed by atoms with van der Waals surface area (Å²) in [5, 5.41) is 1.18. The van der Waals surface area contributed by atoms with E-state index in [1.54, 1.807) is 0 Å². The van der Waals surface area contributed by atoms with Gasteiger partial charge in [0.05, 0.1) is 5.39 Å². The largest absolute Gasteiger partial charge is 0.356 e. The number of piperidine rings is 1. The van der Waals surface area contributed by atoms with E-state index in [9.17, 15) is 0 Å². The van der Waals surface area contributed by atoms with E-state index in [2.05, 4.69) is 22.2 Å². The molecular weight excluding hydrogens is 280 g/mol. The van der Waals surface area contributed by atoms with E-state index in [-0.39, 0.29) is 0 Å². The first-order valence-electron chi connectivity index (χ1n) is 7.94. The Balaban J connectivity index is 1.69. The fraction of sp³-hybridized carbons (Fsp3) is 0.625. The summed E-state index contributed by atoms with van der Waals surface area (Å²) in [5.74, 6) is 4.86. The number of aromatic amines is 1. The molecule has 0 aromatic carbocycles. The van der Waals surface area contributed by atoms with E-state index in [0.29, 0.717) is 5.92 Å². The van der Waals surface area contributed by atoms with E-state index in [1.165, 1.54) is 36.8 Å². The predicted octanol–water partition coefficient (Wildman–Crippen LogP) is 3.41. The van der Waals surface area contributed by atoms with Crippen molar-refractivity contribution in [1.29, 1.82) is 0 Å². The fourth-order valence-corrected chi connectivity index (χ4v) is 4.08. The molecule has 0 radical (unpaired) electrons. The van der Waals surface area contributed by atoms with Crippen LogP contribution in [0.15, 0.2) is 12.3 Å². The molecular formula is C16H22N4S. The number of hydrogen-bond acceptors (Lipinski definition) is 4. The van der Waals surface area contributed by atoms with Crippen LogP contribution in [0.5, 0.6) is 0 Å². The Morgan fingerprint density at radius 2 is 2.24 bits per heavy atom. The van der Waals surface area contributed by atoms with Crippen molar-refractivity contribution in [3.8, 4) is 0 Å². The average Bonchev–Trinajstić information content (AvgIpc) is 3.25. The van der Waals surface area contributed by atoms with Gasteiger partial charge in [0.1, 0.15) is 17.3 Å². The van der Waals surface area contributed by atoms with Crippen LogP contribution in [0.3, 0.4) is 0 Å². The van der Waals surface area contributed by atoms with Gasteiger partial charge in [0.2, 0.25) is 0 Å². The molecule has 1 atom stereocenters. The zero-order chi connectivity index (χ0) is 14.2. The highest BCUT2D eigenvalue weighted by Crippen LogP contribution is 2.40. The average molecular weight is 302 g/mol. The first-order valence-corrected chi connectivity index (χ1v) is 9.33.